The number of pyridine rings is 2. The number of rotatable bonds is 2. The van der Waals surface area contributed by atoms with Crippen molar-refractivity contribution >= 4 is 10.8 Å². The Morgan fingerprint density at radius 2 is 1.30 bits per heavy atom. The maximum atomic E-state index is 4.82. The predicted molar refractivity (Wildman–Crippen MR) is 192 cm³/mol. The van der Waals surface area contributed by atoms with E-state index in [9.17, 15) is 0 Å². The molecular weight excluding hydrogens is 749 g/mol. The van der Waals surface area contributed by atoms with Crippen molar-refractivity contribution in [1.82, 2.24) is 9.97 Å². The van der Waals surface area contributed by atoms with Crippen LogP contribution in [-0.2, 0) is 56.6 Å². The van der Waals surface area contributed by atoms with Crippen molar-refractivity contribution in [2.24, 2.45) is 0 Å². The van der Waals surface area contributed by atoms with Crippen LogP contribution in [0.4, 0.5) is 0 Å². The second-order valence-corrected chi connectivity index (χ2v) is 14.8. The first-order chi connectivity index (χ1) is 22.1. The molecule has 2 heterocycles. The van der Waals surface area contributed by atoms with Crippen molar-refractivity contribution in [3.05, 3.63) is 143 Å². The van der Waals surface area contributed by atoms with E-state index in [1.807, 2.05) is 36.7 Å². The van der Waals surface area contributed by atoms with Gasteiger partial charge in [-0.25, -0.2) is 0 Å². The first-order valence-corrected chi connectivity index (χ1v) is 16.6. The van der Waals surface area contributed by atoms with Crippen molar-refractivity contribution < 1.29 is 20.1 Å². The summed E-state index contributed by atoms with van der Waals surface area (Å²) >= 11 is 0. The third kappa shape index (κ3) is 6.62. The van der Waals surface area contributed by atoms with Crippen LogP contribution in [0.2, 0.25) is 0 Å². The van der Waals surface area contributed by atoms with E-state index in [4.69, 9.17) is 4.98 Å². The molecule has 0 spiro atoms. The minimum absolute atomic E-state index is 0. The first kappa shape index (κ1) is 33.0. The molecule has 2 nitrogen and oxygen atoms in total. The van der Waals surface area contributed by atoms with Gasteiger partial charge in [0.1, 0.15) is 0 Å². The molecule has 3 heteroatoms. The van der Waals surface area contributed by atoms with Crippen molar-refractivity contribution in [1.29, 1.82) is 0 Å². The van der Waals surface area contributed by atoms with Gasteiger partial charge in [-0.2, -0.15) is 0 Å². The fourth-order valence-electron chi connectivity index (χ4n) is 6.90. The summed E-state index contributed by atoms with van der Waals surface area (Å²) in [5, 5.41) is 2.49. The molecule has 8 rings (SSSR count). The molecule has 239 valence electrons. The van der Waals surface area contributed by atoms with Crippen molar-refractivity contribution in [3.63, 3.8) is 0 Å². The Bertz CT molecular complexity index is 2020. The number of nitrogens with zero attached hydrogens (tertiary/aromatic N) is 2. The minimum Gasteiger partial charge on any atom is -0.305 e. The first-order valence-electron chi connectivity index (χ1n) is 16.6. The molecule has 1 radical (unpaired) electrons. The Morgan fingerprint density at radius 3 is 2.02 bits per heavy atom. The van der Waals surface area contributed by atoms with Crippen LogP contribution >= 0.6 is 0 Å². The van der Waals surface area contributed by atoms with E-state index >= 15 is 0 Å². The quantitative estimate of drug-likeness (QED) is 0.163. The molecule has 2 aliphatic carbocycles. The molecule has 0 bridgehead atoms. The molecule has 0 unspecified atom stereocenters. The SMILES string of the molecule is CC(C)(C)c1ccc2c(-c3[c-]c4c5c(c3)CCc3cccc(c3-5)CC4)nccc2c1.CC(C)(C)c1ccnc(-c2[c-]cccc2)c1.[Ir]. The third-order valence-corrected chi connectivity index (χ3v) is 9.52. The fourth-order valence-corrected chi connectivity index (χ4v) is 6.90. The van der Waals surface area contributed by atoms with Gasteiger partial charge in [0.25, 0.3) is 0 Å². The van der Waals surface area contributed by atoms with Gasteiger partial charge in [0.15, 0.2) is 0 Å². The van der Waals surface area contributed by atoms with Gasteiger partial charge in [0.05, 0.1) is 0 Å². The zero-order valence-electron chi connectivity index (χ0n) is 28.3. The van der Waals surface area contributed by atoms with Crippen LogP contribution < -0.4 is 0 Å². The van der Waals surface area contributed by atoms with Gasteiger partial charge < -0.3 is 9.97 Å². The molecule has 0 fully saturated rings. The number of hydrogen-bond donors (Lipinski definition) is 0. The van der Waals surface area contributed by atoms with E-state index in [1.165, 1.54) is 55.3 Å². The fraction of sp³-hybridized carbons (Fsp3) is 0.273. The molecule has 0 aliphatic heterocycles. The van der Waals surface area contributed by atoms with Crippen LogP contribution in [0.5, 0.6) is 0 Å². The van der Waals surface area contributed by atoms with Gasteiger partial charge in [-0.05, 0) is 93.1 Å². The molecule has 2 aromatic heterocycles. The number of benzene rings is 4. The number of aryl methyl sites for hydroxylation is 4. The second-order valence-electron chi connectivity index (χ2n) is 14.8. The summed E-state index contributed by atoms with van der Waals surface area (Å²) in [7, 11) is 0. The van der Waals surface area contributed by atoms with Gasteiger partial charge in [0.2, 0.25) is 0 Å². The summed E-state index contributed by atoms with van der Waals surface area (Å²) in [6.45, 7) is 13.4. The maximum absolute atomic E-state index is 4.82. The number of aromatic nitrogens is 2. The third-order valence-electron chi connectivity index (χ3n) is 9.52. The smallest absolute Gasteiger partial charge is 0.0167 e. The van der Waals surface area contributed by atoms with E-state index in [-0.39, 0.29) is 30.9 Å². The van der Waals surface area contributed by atoms with E-state index in [1.54, 1.807) is 0 Å². The van der Waals surface area contributed by atoms with Crippen LogP contribution in [0.25, 0.3) is 44.4 Å². The molecule has 0 N–H and O–H groups in total. The summed E-state index contributed by atoms with van der Waals surface area (Å²) in [6, 6.07) is 37.3. The standard InChI is InChI=1S/C29H26N.C15H16N.Ir/c1-29(2,3)24-11-12-25-20(17-24)13-14-30-28(25)23-15-21-9-7-18-5-4-6-19-8-10-22(16-23)27(21)26(18)19;1-15(2,3)13-9-10-16-14(11-13)12-7-5-4-6-8-12;/h4-6,11-15,17H,7-10H2,1-3H3;4-7,9-11H,1-3H3;/q2*-1;. The van der Waals surface area contributed by atoms with Gasteiger partial charge in [0, 0.05) is 32.5 Å². The molecular formula is C44H42IrN2-2. The Hall–Kier alpha value is -3.91. The molecule has 0 saturated heterocycles. The van der Waals surface area contributed by atoms with Crippen molar-refractivity contribution in [3.8, 4) is 33.6 Å². The Kier molecular flexibility index (Phi) is 9.09. The normalized spacial score (nSPS) is 13.2. The second kappa shape index (κ2) is 12.9. The van der Waals surface area contributed by atoms with Crippen molar-refractivity contribution in [2.75, 3.05) is 0 Å². The van der Waals surface area contributed by atoms with Crippen LogP contribution in [0.3, 0.4) is 0 Å². The summed E-state index contributed by atoms with van der Waals surface area (Å²) in [6.07, 6.45) is 8.27. The average Bonchev–Trinajstić information content (AvgIpc) is 3.06. The summed E-state index contributed by atoms with van der Waals surface area (Å²) in [5.41, 5.74) is 16.1. The van der Waals surface area contributed by atoms with Crippen LogP contribution in [-0.4, -0.2) is 9.97 Å². The van der Waals surface area contributed by atoms with E-state index in [2.05, 4.69) is 119 Å². The molecule has 0 atom stereocenters. The zero-order valence-corrected chi connectivity index (χ0v) is 30.7. The maximum Gasteiger partial charge on any atom is 0.0167 e. The number of fused-ring (bicyclic) bond motifs is 1. The molecule has 2 aliphatic rings. The van der Waals surface area contributed by atoms with Gasteiger partial charge in [-0.15, -0.1) is 64.7 Å². The van der Waals surface area contributed by atoms with E-state index in [0.717, 1.165) is 48.2 Å². The van der Waals surface area contributed by atoms with Crippen LogP contribution in [0.1, 0.15) is 74.9 Å². The summed E-state index contributed by atoms with van der Waals surface area (Å²) in [4.78, 5) is 9.21. The van der Waals surface area contributed by atoms with Gasteiger partial charge in [-0.1, -0.05) is 95.1 Å². The van der Waals surface area contributed by atoms with Gasteiger partial charge >= 0.3 is 0 Å². The minimum atomic E-state index is 0. The molecule has 0 saturated carbocycles. The average molecular weight is 791 g/mol. The topological polar surface area (TPSA) is 25.8 Å². The van der Waals surface area contributed by atoms with Crippen LogP contribution in [0.15, 0.2) is 97.3 Å². The molecule has 47 heavy (non-hydrogen) atoms. The Balaban J connectivity index is 0.000000194. The predicted octanol–water partition coefficient (Wildman–Crippen LogP) is 10.7. The molecule has 4 aromatic carbocycles. The largest absolute Gasteiger partial charge is 0.305 e. The summed E-state index contributed by atoms with van der Waals surface area (Å²) in [5.74, 6) is 0. The molecule has 6 aromatic rings. The van der Waals surface area contributed by atoms with E-state index in [0.29, 0.717) is 0 Å². The Labute approximate surface area is 294 Å². The molecule has 0 amide bonds. The Morgan fingerprint density at radius 1 is 0.596 bits per heavy atom. The van der Waals surface area contributed by atoms with Crippen molar-refractivity contribution in [2.45, 2.75) is 78.1 Å². The van der Waals surface area contributed by atoms with E-state index < -0.39 is 0 Å². The number of hydrogen-bond acceptors (Lipinski definition) is 2. The van der Waals surface area contributed by atoms with Gasteiger partial charge in [-0.3, -0.25) is 0 Å². The summed E-state index contributed by atoms with van der Waals surface area (Å²) < 4.78 is 0. The monoisotopic (exact) mass is 791 g/mol. The zero-order chi connectivity index (χ0) is 32.1. The van der Waals surface area contributed by atoms with Crippen LogP contribution in [0, 0.1) is 12.1 Å².